The first-order valence-electron chi connectivity index (χ1n) is 27.9. The average molecular weight is 1290 g/mol. The highest BCUT2D eigenvalue weighted by Crippen LogP contribution is 2.50. The van der Waals surface area contributed by atoms with E-state index in [2.05, 4.69) is 45.5 Å². The lowest BCUT2D eigenvalue weighted by molar-refractivity contribution is -0.378. The Kier molecular flexibility index (Phi) is 21.3. The third-order valence-corrected chi connectivity index (χ3v) is 16.2. The van der Waals surface area contributed by atoms with Gasteiger partial charge in [0.25, 0.3) is 11.5 Å². The van der Waals surface area contributed by atoms with E-state index in [1.807, 2.05) is 91.3 Å². The number of aromatic amines is 2. The predicted octanol–water partition coefficient (Wildman–Crippen LogP) is 8.95. The number of hydrogen-bond donors (Lipinski definition) is 3. The van der Waals surface area contributed by atoms with Crippen LogP contribution < -0.4 is 30.7 Å². The maximum absolute atomic E-state index is 18.1. The molecule has 90 heavy (non-hydrogen) atoms. The predicted molar refractivity (Wildman–Crippen MR) is 324 cm³/mol. The van der Waals surface area contributed by atoms with Crippen LogP contribution in [0.25, 0.3) is 22.3 Å². The lowest BCUT2D eigenvalue weighted by Gasteiger charge is -2.37. The van der Waals surface area contributed by atoms with Crippen LogP contribution in [0, 0.1) is 17.2 Å². The summed E-state index contributed by atoms with van der Waals surface area (Å²) < 4.78 is 105. The normalized spacial score (nSPS) is 20.2. The van der Waals surface area contributed by atoms with Gasteiger partial charge in [-0.1, -0.05) is 97.3 Å². The molecule has 2 aliphatic rings. The number of benzene rings is 4. The van der Waals surface area contributed by atoms with Crippen LogP contribution >= 0.6 is 15.8 Å². The monoisotopic (exact) mass is 1290 g/mol. The van der Waals surface area contributed by atoms with Crippen molar-refractivity contribution in [2.24, 2.45) is 5.92 Å². The molecular weight excluding hydrogens is 1230 g/mol. The number of alkyl halides is 2. The molecule has 5 aromatic heterocycles. The van der Waals surface area contributed by atoms with Gasteiger partial charge >= 0.3 is 15.8 Å². The first-order chi connectivity index (χ1) is 43.7. The van der Waals surface area contributed by atoms with Crippen molar-refractivity contribution in [2.45, 2.75) is 75.1 Å². The van der Waals surface area contributed by atoms with Crippen molar-refractivity contribution in [1.82, 2.24) is 39.0 Å². The average Bonchev–Trinajstić information content (AvgIpc) is 1.49. The molecule has 0 bridgehead atoms. The van der Waals surface area contributed by atoms with Crippen molar-refractivity contribution >= 4 is 74.0 Å². The van der Waals surface area contributed by atoms with Gasteiger partial charge in [0, 0.05) is 23.6 Å². The molecule has 9 aromatic rings. The lowest BCUT2D eigenvalue weighted by atomic mass is 9.80. The highest BCUT2D eigenvalue weighted by atomic mass is 32.7. The van der Waals surface area contributed by atoms with Crippen LogP contribution in [0.3, 0.4) is 0 Å². The van der Waals surface area contributed by atoms with E-state index in [0.717, 1.165) is 6.33 Å². The Balaban J connectivity index is 0.00000140. The van der Waals surface area contributed by atoms with Gasteiger partial charge in [0.2, 0.25) is 11.9 Å². The number of nitrogens with one attached hydrogen (secondary N) is 4. The Morgan fingerprint density at radius 1 is 0.767 bits per heavy atom. The number of amides is 2. The minimum atomic E-state index is -2.87. The van der Waals surface area contributed by atoms with Gasteiger partial charge in [-0.15, -0.1) is 0 Å². The molecule has 2 fully saturated rings. The summed E-state index contributed by atoms with van der Waals surface area (Å²) >= 11 is 4.88. The summed E-state index contributed by atoms with van der Waals surface area (Å²) in [5, 5.41) is 14.9. The third-order valence-electron chi connectivity index (χ3n) is 14.3. The number of nitrogens with zero attached hydrogens (tertiary/aromatic N) is 8. The summed E-state index contributed by atoms with van der Waals surface area (Å²) in [6.45, 7) is 1.88. The Labute approximate surface area is 520 Å². The van der Waals surface area contributed by atoms with Gasteiger partial charge in [-0.25, -0.2) is 33.7 Å². The quantitative estimate of drug-likeness (QED) is 0.0220. The number of nitriles is 1. The molecule has 4 N–H and O–H groups in total. The van der Waals surface area contributed by atoms with Crippen LogP contribution in [0.1, 0.15) is 59.8 Å². The van der Waals surface area contributed by atoms with Crippen LogP contribution in [0.2, 0.25) is 0 Å². The molecule has 30 heteroatoms. The Morgan fingerprint density at radius 2 is 1.38 bits per heavy atom. The van der Waals surface area contributed by atoms with E-state index in [9.17, 15) is 24.2 Å². The SMILES string of the molecule is COc1ccc(C(OC[C@H]2O[C@@H](n3cnc4c(=O)[nH]c(NC(=O)C(C)C)nc43)[C@H](OP(OCCC#N)OC[C@H]3O[C@@H](n4cnc5c(NC(=O)c6ccccc6)ncnc54)[C@@H](F)[C@@H]3O[P+](=O)[S-])[C@@H]2F)(c2ccccc2)c2ccc(OC)cc2)cc1.c1cc[nH+]cc1. The Bertz CT molecular complexity index is 3920. The van der Waals surface area contributed by atoms with Crippen molar-refractivity contribution in [1.29, 1.82) is 5.26 Å². The van der Waals surface area contributed by atoms with Gasteiger partial charge in [0.15, 0.2) is 71.4 Å². The summed E-state index contributed by atoms with van der Waals surface area (Å²) in [6, 6.07) is 39.8. The standard InChI is InChI=1S/C55H53F2N11O13P2S.C5H5N/c1-31(2)49(69)65-54-64-48-43(51(71)66-54)62-30-68(48)53-45(40(56)38(78-53)26-75-55(33-14-9-6-10-15-33,34-16-20-36(73-3)21-17-34)35-18-22-37(74-4)23-19-35)81-83(76-25-11-24-58)77-27-39-44(80-82(72)84)41(57)52(79-39)67-29-61-42-46(59-28-60-47(42)67)63-50(70)32-12-7-5-8-13-32;1-2-4-6-5-3-1/h5-10,12-23,28-31,38-41,44-45,52-53H,11,25-27H2,1-4H3,(H,59,60,63,70)(H2,64,65,66,69,71);1-5H/p+1/t38-,39-,40-,41+,44-,45-,52-,53-,83?;/m1./s1. The number of methoxy groups -OCH3 is 2. The van der Waals surface area contributed by atoms with Gasteiger partial charge in [0.1, 0.15) is 41.7 Å². The minimum Gasteiger partial charge on any atom is -0.497 e. The maximum Gasteiger partial charge on any atom is 0.372 e. The highest BCUT2D eigenvalue weighted by molar-refractivity contribution is 8.25. The summed E-state index contributed by atoms with van der Waals surface area (Å²) in [6.07, 6.45) is -6.57. The summed E-state index contributed by atoms with van der Waals surface area (Å²) in [5.41, 5.74) is -0.173. The van der Waals surface area contributed by atoms with E-state index in [1.165, 1.54) is 21.8 Å². The molecule has 2 aliphatic heterocycles. The van der Waals surface area contributed by atoms with Crippen LogP contribution in [0.4, 0.5) is 20.5 Å². The third kappa shape index (κ3) is 14.5. The second-order valence-corrected chi connectivity index (χ2v) is 23.0. The molecule has 7 heterocycles. The first kappa shape index (κ1) is 64.4. The summed E-state index contributed by atoms with van der Waals surface area (Å²) in [7, 11) is -2.59. The largest absolute Gasteiger partial charge is 0.497 e. The van der Waals surface area contributed by atoms with E-state index in [1.54, 1.807) is 82.7 Å². The van der Waals surface area contributed by atoms with Crippen LogP contribution in [0.5, 0.6) is 11.5 Å². The molecule has 0 radical (unpaired) electrons. The zero-order valence-corrected chi connectivity index (χ0v) is 51.1. The van der Waals surface area contributed by atoms with Gasteiger partial charge in [-0.05, 0) is 53.1 Å². The van der Waals surface area contributed by atoms with Crippen LogP contribution in [-0.2, 0) is 59.5 Å². The fourth-order valence-corrected chi connectivity index (χ4v) is 11.8. The topological polar surface area (TPSA) is 303 Å². The number of hydrogen-bond acceptors (Lipinski definition) is 20. The highest BCUT2D eigenvalue weighted by Gasteiger charge is 2.53. The van der Waals surface area contributed by atoms with E-state index >= 15 is 8.78 Å². The van der Waals surface area contributed by atoms with Gasteiger partial charge in [-0.2, -0.15) is 14.8 Å². The van der Waals surface area contributed by atoms with Crippen molar-refractivity contribution in [2.75, 3.05) is 44.7 Å². The number of fused-ring (bicyclic) bond motifs is 2. The molecule has 2 saturated heterocycles. The summed E-state index contributed by atoms with van der Waals surface area (Å²) in [5.74, 6) is -0.558. The van der Waals surface area contributed by atoms with Crippen molar-refractivity contribution in [3.05, 3.63) is 191 Å². The number of ether oxygens (including phenoxy) is 5. The van der Waals surface area contributed by atoms with Gasteiger partial charge < -0.3 is 54.8 Å². The maximum atomic E-state index is 18.1. The van der Waals surface area contributed by atoms with Gasteiger partial charge in [-0.3, -0.25) is 33.8 Å². The molecule has 11 rings (SSSR count). The molecule has 2 amide bonds. The molecule has 2 unspecified atom stereocenters. The van der Waals surface area contributed by atoms with Gasteiger partial charge in [0.05, 0.1) is 59.2 Å². The van der Waals surface area contributed by atoms with E-state index < -0.39 is 107 Å². The van der Waals surface area contributed by atoms with Crippen LogP contribution in [-0.4, -0.2) is 122 Å². The van der Waals surface area contributed by atoms with E-state index in [-0.39, 0.29) is 47.1 Å². The minimum absolute atomic E-state index is 0.0170. The zero-order valence-electron chi connectivity index (χ0n) is 48.5. The molecule has 4 aromatic carbocycles. The molecule has 466 valence electrons. The number of pyridine rings is 1. The number of anilines is 2. The molecule has 25 nitrogen and oxygen atoms in total. The first-order valence-corrected chi connectivity index (χ1v) is 31.2. The van der Waals surface area contributed by atoms with E-state index in [4.69, 9.17) is 54.0 Å². The van der Waals surface area contributed by atoms with Crippen molar-refractivity contribution in [3.8, 4) is 17.6 Å². The van der Waals surface area contributed by atoms with Crippen molar-refractivity contribution in [3.63, 3.8) is 0 Å². The zero-order chi connectivity index (χ0) is 63.3. The Morgan fingerprint density at radius 3 is 1.98 bits per heavy atom. The fraction of sp³-hybridized carbons (Fsp3) is 0.300. The number of aromatic nitrogens is 9. The smallest absolute Gasteiger partial charge is 0.372 e. The lowest BCUT2D eigenvalue weighted by Crippen LogP contribution is -2.38. The molecule has 0 saturated carbocycles. The van der Waals surface area contributed by atoms with E-state index in [0.29, 0.717) is 33.8 Å². The van der Waals surface area contributed by atoms with Crippen molar-refractivity contribution < 1.29 is 69.7 Å². The molecule has 10 atom stereocenters. The van der Waals surface area contributed by atoms with Crippen LogP contribution in [0.15, 0.2) is 164 Å². The number of halogens is 2. The fourth-order valence-electron chi connectivity index (χ4n) is 9.90. The number of rotatable bonds is 24. The molecular formula is C60H59F2N12O13P2S+. The second kappa shape index (κ2) is 29.8. The molecule has 0 aliphatic carbocycles. The molecule has 0 spiro atoms. The summed E-state index contributed by atoms with van der Waals surface area (Å²) in [4.78, 5) is 66.5. The number of H-pyrrole nitrogens is 2. The number of carbonyl (C=O) groups excluding carboxylic acids is 2. The Hall–Kier alpha value is -8.58. The number of imidazole rings is 2. The number of carbonyl (C=O) groups is 2. The second-order valence-electron chi connectivity index (χ2n) is 20.3.